The molecular formula is C22H20N4O2. The molecule has 4 aromatic rings. The zero-order valence-electron chi connectivity index (χ0n) is 15.7. The van der Waals surface area contributed by atoms with Crippen molar-refractivity contribution in [3.63, 3.8) is 0 Å². The topological polar surface area (TPSA) is 69.0 Å². The van der Waals surface area contributed by atoms with Gasteiger partial charge in [-0.3, -0.25) is 4.79 Å². The Morgan fingerprint density at radius 3 is 2.75 bits per heavy atom. The monoisotopic (exact) mass is 372 g/mol. The molecule has 6 heteroatoms. The van der Waals surface area contributed by atoms with E-state index in [1.54, 1.807) is 19.4 Å². The summed E-state index contributed by atoms with van der Waals surface area (Å²) in [6.45, 7) is 0. The highest BCUT2D eigenvalue weighted by Crippen LogP contribution is 2.24. The second kappa shape index (κ2) is 7.52. The van der Waals surface area contributed by atoms with E-state index in [2.05, 4.69) is 15.3 Å². The van der Waals surface area contributed by atoms with Crippen LogP contribution in [0.25, 0.3) is 10.9 Å². The number of nitrogens with one attached hydrogen (secondary N) is 1. The zero-order valence-corrected chi connectivity index (χ0v) is 15.7. The number of ether oxygens (including phenoxy) is 1. The normalized spacial score (nSPS) is 11.9. The lowest BCUT2D eigenvalue weighted by atomic mass is 10.1. The number of para-hydroxylation sites is 1. The lowest BCUT2D eigenvalue weighted by molar-refractivity contribution is 0.0936. The van der Waals surface area contributed by atoms with Crippen molar-refractivity contribution in [2.75, 3.05) is 7.11 Å². The summed E-state index contributed by atoms with van der Waals surface area (Å²) in [5, 5.41) is 4.06. The minimum Gasteiger partial charge on any atom is -0.497 e. The van der Waals surface area contributed by atoms with Crippen molar-refractivity contribution in [1.29, 1.82) is 0 Å². The van der Waals surface area contributed by atoms with Crippen molar-refractivity contribution in [1.82, 2.24) is 19.9 Å². The smallest absolute Gasteiger partial charge is 0.270 e. The van der Waals surface area contributed by atoms with E-state index in [0.717, 1.165) is 28.0 Å². The van der Waals surface area contributed by atoms with E-state index in [-0.39, 0.29) is 5.91 Å². The Kier molecular flexibility index (Phi) is 4.76. The van der Waals surface area contributed by atoms with Gasteiger partial charge >= 0.3 is 0 Å². The number of nitrogens with zero attached hydrogens (tertiary/aromatic N) is 3. The Labute approximate surface area is 162 Å². The molecule has 0 saturated heterocycles. The van der Waals surface area contributed by atoms with E-state index in [1.807, 2.05) is 72.4 Å². The van der Waals surface area contributed by atoms with Crippen LogP contribution >= 0.6 is 0 Å². The van der Waals surface area contributed by atoms with Gasteiger partial charge < -0.3 is 14.6 Å². The second-order valence-electron chi connectivity index (χ2n) is 6.47. The number of rotatable bonds is 5. The summed E-state index contributed by atoms with van der Waals surface area (Å²) in [6.07, 6.45) is 3.56. The summed E-state index contributed by atoms with van der Waals surface area (Å²) in [5.41, 5.74) is 2.02. The van der Waals surface area contributed by atoms with Crippen molar-refractivity contribution in [2.24, 2.45) is 7.05 Å². The number of carbonyl (C=O) groups is 1. The average Bonchev–Trinajstić information content (AvgIpc) is 3.17. The first-order chi connectivity index (χ1) is 13.7. The molecule has 0 saturated carbocycles. The van der Waals surface area contributed by atoms with Crippen LogP contribution in [-0.2, 0) is 7.05 Å². The fourth-order valence-electron chi connectivity index (χ4n) is 3.17. The van der Waals surface area contributed by atoms with E-state index >= 15 is 0 Å². The quantitative estimate of drug-likeness (QED) is 0.582. The van der Waals surface area contributed by atoms with Gasteiger partial charge in [-0.25, -0.2) is 9.97 Å². The van der Waals surface area contributed by atoms with Gasteiger partial charge in [0.1, 0.15) is 23.3 Å². The maximum atomic E-state index is 13.0. The predicted molar refractivity (Wildman–Crippen MR) is 107 cm³/mol. The van der Waals surface area contributed by atoms with Crippen molar-refractivity contribution in [3.05, 3.63) is 90.1 Å². The van der Waals surface area contributed by atoms with Gasteiger partial charge in [-0.05, 0) is 29.8 Å². The first-order valence-corrected chi connectivity index (χ1v) is 8.93. The minimum atomic E-state index is -0.434. The molecule has 0 aliphatic heterocycles. The SMILES string of the molecule is COc1cccc([C@@H](NC(=O)c2ccc3ccccc3n2)c2nccn2C)c1. The van der Waals surface area contributed by atoms with Gasteiger partial charge in [0.05, 0.1) is 12.6 Å². The molecule has 140 valence electrons. The molecule has 2 aromatic carbocycles. The van der Waals surface area contributed by atoms with Crippen molar-refractivity contribution in [3.8, 4) is 5.75 Å². The van der Waals surface area contributed by atoms with E-state index in [1.165, 1.54) is 0 Å². The third kappa shape index (κ3) is 3.44. The van der Waals surface area contributed by atoms with Gasteiger partial charge in [-0.1, -0.05) is 36.4 Å². The molecule has 0 radical (unpaired) electrons. The zero-order chi connectivity index (χ0) is 19.5. The number of pyridine rings is 1. The van der Waals surface area contributed by atoms with Crippen LogP contribution in [0.4, 0.5) is 0 Å². The number of aryl methyl sites for hydroxylation is 1. The van der Waals surface area contributed by atoms with Crippen molar-refractivity contribution in [2.45, 2.75) is 6.04 Å². The highest BCUT2D eigenvalue weighted by molar-refractivity contribution is 5.95. The summed E-state index contributed by atoms with van der Waals surface area (Å²) in [4.78, 5) is 21.9. The molecule has 1 amide bonds. The molecule has 0 unspecified atom stereocenters. The van der Waals surface area contributed by atoms with Gasteiger partial charge in [0.2, 0.25) is 0 Å². The summed E-state index contributed by atoms with van der Waals surface area (Å²) < 4.78 is 7.23. The van der Waals surface area contributed by atoms with E-state index in [0.29, 0.717) is 5.69 Å². The summed E-state index contributed by atoms with van der Waals surface area (Å²) in [7, 11) is 3.52. The lowest BCUT2D eigenvalue weighted by Gasteiger charge is -2.19. The fourth-order valence-corrected chi connectivity index (χ4v) is 3.17. The van der Waals surface area contributed by atoms with Crippen molar-refractivity contribution >= 4 is 16.8 Å². The minimum absolute atomic E-state index is 0.262. The largest absolute Gasteiger partial charge is 0.497 e. The first kappa shape index (κ1) is 17.7. The number of fused-ring (bicyclic) bond motifs is 1. The van der Waals surface area contributed by atoms with Crippen molar-refractivity contribution < 1.29 is 9.53 Å². The van der Waals surface area contributed by atoms with Crippen LogP contribution in [0, 0.1) is 0 Å². The Bertz CT molecular complexity index is 1140. The van der Waals surface area contributed by atoms with Gasteiger partial charge in [0.25, 0.3) is 5.91 Å². The summed E-state index contributed by atoms with van der Waals surface area (Å²) in [5.74, 6) is 1.18. The molecule has 2 heterocycles. The van der Waals surface area contributed by atoms with Gasteiger partial charge in [0, 0.05) is 24.8 Å². The maximum absolute atomic E-state index is 13.0. The Balaban J connectivity index is 1.70. The van der Waals surface area contributed by atoms with Crippen LogP contribution in [0.15, 0.2) is 73.1 Å². The number of aromatic nitrogens is 3. The second-order valence-corrected chi connectivity index (χ2v) is 6.47. The third-order valence-corrected chi connectivity index (χ3v) is 4.65. The lowest BCUT2D eigenvalue weighted by Crippen LogP contribution is -2.31. The van der Waals surface area contributed by atoms with Crippen LogP contribution in [0.2, 0.25) is 0 Å². The Morgan fingerprint density at radius 1 is 1.11 bits per heavy atom. The molecule has 28 heavy (non-hydrogen) atoms. The van der Waals surface area contributed by atoms with Crippen LogP contribution in [0.1, 0.15) is 27.9 Å². The molecule has 0 bridgehead atoms. The maximum Gasteiger partial charge on any atom is 0.270 e. The number of amides is 1. The molecule has 2 aromatic heterocycles. The number of hydrogen-bond donors (Lipinski definition) is 1. The number of carbonyl (C=O) groups excluding carboxylic acids is 1. The molecule has 6 nitrogen and oxygen atoms in total. The Hall–Kier alpha value is -3.67. The van der Waals surface area contributed by atoms with Crippen LogP contribution < -0.4 is 10.1 Å². The number of imidazole rings is 1. The summed E-state index contributed by atoms with van der Waals surface area (Å²) >= 11 is 0. The summed E-state index contributed by atoms with van der Waals surface area (Å²) in [6, 6.07) is 18.5. The third-order valence-electron chi connectivity index (χ3n) is 4.65. The number of benzene rings is 2. The molecule has 1 atom stereocenters. The highest BCUT2D eigenvalue weighted by Gasteiger charge is 2.22. The molecule has 4 rings (SSSR count). The van der Waals surface area contributed by atoms with E-state index in [9.17, 15) is 4.79 Å². The predicted octanol–water partition coefficient (Wildman–Crippen LogP) is 3.50. The van der Waals surface area contributed by atoms with Gasteiger partial charge in [0.15, 0.2) is 0 Å². The average molecular weight is 372 g/mol. The van der Waals surface area contributed by atoms with Crippen LogP contribution in [-0.4, -0.2) is 27.6 Å². The molecule has 0 aliphatic carbocycles. The van der Waals surface area contributed by atoms with Gasteiger partial charge in [-0.15, -0.1) is 0 Å². The fraction of sp³-hybridized carbons (Fsp3) is 0.136. The number of methoxy groups -OCH3 is 1. The molecule has 0 spiro atoms. The molecule has 1 N–H and O–H groups in total. The van der Waals surface area contributed by atoms with Gasteiger partial charge in [-0.2, -0.15) is 0 Å². The molecule has 0 fully saturated rings. The highest BCUT2D eigenvalue weighted by atomic mass is 16.5. The first-order valence-electron chi connectivity index (χ1n) is 8.93. The molecule has 0 aliphatic rings. The van der Waals surface area contributed by atoms with Crippen LogP contribution in [0.5, 0.6) is 5.75 Å². The standard InChI is InChI=1S/C22H20N4O2/c1-26-13-12-23-21(26)20(16-7-5-8-17(14-16)28-2)25-22(27)19-11-10-15-6-3-4-9-18(15)24-19/h3-14,20H,1-2H3,(H,25,27)/t20-/m1/s1. The van der Waals surface area contributed by atoms with E-state index in [4.69, 9.17) is 4.74 Å². The van der Waals surface area contributed by atoms with Crippen LogP contribution in [0.3, 0.4) is 0 Å². The van der Waals surface area contributed by atoms with E-state index < -0.39 is 6.04 Å². The number of hydrogen-bond acceptors (Lipinski definition) is 4. The Morgan fingerprint density at radius 2 is 1.96 bits per heavy atom. The molecular weight excluding hydrogens is 352 g/mol.